The molecule has 6 heteroatoms. The van der Waals surface area contributed by atoms with Crippen molar-refractivity contribution < 1.29 is 18.0 Å². The van der Waals surface area contributed by atoms with Crippen LogP contribution in [0.15, 0.2) is 22.8 Å². The molecule has 0 saturated carbocycles. The van der Waals surface area contributed by atoms with Crippen molar-refractivity contribution in [2.45, 2.75) is 25.4 Å². The Morgan fingerprint density at radius 2 is 2.12 bits per heavy atom. The molecule has 0 saturated heterocycles. The number of alkyl halides is 3. The smallest absolute Gasteiger partial charge is 0.292 e. The molecule has 1 aromatic rings. The minimum atomic E-state index is -4.21. The van der Waals surface area contributed by atoms with Gasteiger partial charge in [0.05, 0.1) is 0 Å². The molecule has 0 aliphatic rings. The summed E-state index contributed by atoms with van der Waals surface area (Å²) in [4.78, 5) is 15.3. The second-order valence-corrected chi connectivity index (χ2v) is 4.08. The maximum Gasteiger partial charge on any atom is 0.389 e. The zero-order valence-electron chi connectivity index (χ0n) is 8.22. The van der Waals surface area contributed by atoms with Crippen LogP contribution in [0.1, 0.15) is 29.8 Å². The number of nitrogens with zero attached hydrogens (tertiary/aromatic N) is 1. The number of rotatable bonds is 4. The lowest BCUT2D eigenvalue weighted by molar-refractivity contribution is -0.135. The summed E-state index contributed by atoms with van der Waals surface area (Å²) in [6, 6.07) is 3.26. The lowest BCUT2D eigenvalue weighted by atomic mass is 10.1. The Labute approximate surface area is 99.0 Å². The lowest BCUT2D eigenvalue weighted by Crippen LogP contribution is -2.09. The Bertz CT molecular complexity index is 379. The van der Waals surface area contributed by atoms with E-state index in [0.29, 0.717) is 4.47 Å². The molecule has 0 fully saturated rings. The lowest BCUT2D eigenvalue weighted by Gasteiger charge is -2.05. The normalized spacial score (nSPS) is 11.5. The fraction of sp³-hybridized carbons (Fsp3) is 0.400. The number of Topliss-reactive ketones (excluding diaryl/α,β-unsaturated/α-hetero) is 1. The average molecular weight is 296 g/mol. The molecule has 0 bridgehead atoms. The molecular formula is C10H9BrF3NO. The van der Waals surface area contributed by atoms with E-state index in [-0.39, 0.29) is 24.3 Å². The van der Waals surface area contributed by atoms with Crippen molar-refractivity contribution in [3.63, 3.8) is 0 Å². The number of aromatic nitrogens is 1. The van der Waals surface area contributed by atoms with Gasteiger partial charge in [-0.1, -0.05) is 0 Å². The standard InChI is InChI=1S/C10H9BrF3NO/c11-7-3-2-6-15-9(7)8(16)4-1-5-10(12,13)14/h2-3,6H,1,4-5H2. The SMILES string of the molecule is O=C(CCCC(F)(F)F)c1ncccc1Br. The van der Waals surface area contributed by atoms with Gasteiger partial charge in [0.2, 0.25) is 0 Å². The zero-order valence-corrected chi connectivity index (χ0v) is 9.81. The van der Waals surface area contributed by atoms with Crippen molar-refractivity contribution in [1.82, 2.24) is 4.98 Å². The van der Waals surface area contributed by atoms with Crippen LogP contribution in [0.3, 0.4) is 0 Å². The Balaban J connectivity index is 2.51. The van der Waals surface area contributed by atoms with Crippen LogP contribution in [-0.2, 0) is 0 Å². The third-order valence-corrected chi connectivity index (χ3v) is 2.53. The van der Waals surface area contributed by atoms with Crippen molar-refractivity contribution in [1.29, 1.82) is 0 Å². The van der Waals surface area contributed by atoms with Crippen molar-refractivity contribution in [2.24, 2.45) is 0 Å². The molecule has 0 atom stereocenters. The topological polar surface area (TPSA) is 30.0 Å². The monoisotopic (exact) mass is 295 g/mol. The van der Waals surface area contributed by atoms with Gasteiger partial charge in [-0.25, -0.2) is 0 Å². The van der Waals surface area contributed by atoms with E-state index in [1.807, 2.05) is 0 Å². The first-order chi connectivity index (χ1) is 7.40. The summed E-state index contributed by atoms with van der Waals surface area (Å²) in [5, 5.41) is 0. The van der Waals surface area contributed by atoms with E-state index < -0.39 is 12.6 Å². The largest absolute Gasteiger partial charge is 0.389 e. The molecule has 0 radical (unpaired) electrons. The van der Waals surface area contributed by atoms with E-state index in [2.05, 4.69) is 20.9 Å². The predicted molar refractivity (Wildman–Crippen MR) is 56.2 cm³/mol. The molecular weight excluding hydrogens is 287 g/mol. The number of halogens is 4. The Hall–Kier alpha value is -0.910. The van der Waals surface area contributed by atoms with Crippen molar-refractivity contribution in [3.8, 4) is 0 Å². The maximum atomic E-state index is 11.9. The van der Waals surface area contributed by atoms with Crippen LogP contribution in [0.5, 0.6) is 0 Å². The first kappa shape index (κ1) is 13.2. The van der Waals surface area contributed by atoms with E-state index in [1.54, 1.807) is 12.1 Å². The van der Waals surface area contributed by atoms with E-state index in [9.17, 15) is 18.0 Å². The number of carbonyl (C=O) groups is 1. The summed E-state index contributed by atoms with van der Waals surface area (Å²) in [5.74, 6) is -0.378. The molecule has 0 unspecified atom stereocenters. The Morgan fingerprint density at radius 3 is 2.69 bits per heavy atom. The molecule has 0 aliphatic heterocycles. The van der Waals surface area contributed by atoms with Crippen LogP contribution in [0.4, 0.5) is 13.2 Å². The molecule has 1 rings (SSSR count). The molecule has 0 aliphatic carbocycles. The van der Waals surface area contributed by atoms with Gasteiger partial charge >= 0.3 is 6.18 Å². The van der Waals surface area contributed by atoms with Crippen molar-refractivity contribution >= 4 is 21.7 Å². The number of hydrogen-bond donors (Lipinski definition) is 0. The molecule has 1 heterocycles. The molecule has 0 aromatic carbocycles. The van der Waals surface area contributed by atoms with E-state index >= 15 is 0 Å². The van der Waals surface area contributed by atoms with Crippen LogP contribution in [0.2, 0.25) is 0 Å². The first-order valence-electron chi connectivity index (χ1n) is 4.60. The van der Waals surface area contributed by atoms with Gasteiger partial charge in [0.1, 0.15) is 5.69 Å². The van der Waals surface area contributed by atoms with Crippen molar-refractivity contribution in [2.75, 3.05) is 0 Å². The molecule has 1 aromatic heterocycles. The maximum absolute atomic E-state index is 11.9. The third-order valence-electron chi connectivity index (χ3n) is 1.89. The van der Waals surface area contributed by atoms with Gasteiger partial charge in [0, 0.05) is 23.5 Å². The highest BCUT2D eigenvalue weighted by molar-refractivity contribution is 9.10. The van der Waals surface area contributed by atoms with Crippen LogP contribution in [-0.4, -0.2) is 16.9 Å². The van der Waals surface area contributed by atoms with Gasteiger partial charge in [0.15, 0.2) is 5.78 Å². The summed E-state index contributed by atoms with van der Waals surface area (Å²) in [6.45, 7) is 0. The van der Waals surface area contributed by atoms with Gasteiger partial charge in [-0.3, -0.25) is 9.78 Å². The van der Waals surface area contributed by atoms with E-state index in [0.717, 1.165) is 0 Å². The van der Waals surface area contributed by atoms with Crippen molar-refractivity contribution in [3.05, 3.63) is 28.5 Å². The third kappa shape index (κ3) is 4.30. The number of carbonyl (C=O) groups excluding carboxylic acids is 1. The Kier molecular flexibility index (Phi) is 4.46. The van der Waals surface area contributed by atoms with E-state index in [4.69, 9.17) is 0 Å². The highest BCUT2D eigenvalue weighted by Crippen LogP contribution is 2.23. The molecule has 16 heavy (non-hydrogen) atoms. The van der Waals surface area contributed by atoms with Crippen LogP contribution in [0, 0.1) is 0 Å². The summed E-state index contributed by atoms with van der Waals surface area (Å²) in [6.07, 6.45) is -4.06. The fourth-order valence-corrected chi connectivity index (χ4v) is 1.63. The average Bonchev–Trinajstić information content (AvgIpc) is 2.16. The van der Waals surface area contributed by atoms with Gasteiger partial charge in [-0.05, 0) is 34.5 Å². The fourth-order valence-electron chi connectivity index (χ4n) is 1.16. The molecule has 2 nitrogen and oxygen atoms in total. The molecule has 0 N–H and O–H groups in total. The quantitative estimate of drug-likeness (QED) is 0.792. The van der Waals surface area contributed by atoms with E-state index in [1.165, 1.54) is 6.20 Å². The molecule has 88 valence electrons. The van der Waals surface area contributed by atoms with Gasteiger partial charge in [0.25, 0.3) is 0 Å². The molecule has 0 amide bonds. The summed E-state index contributed by atoms with van der Waals surface area (Å²) in [5.41, 5.74) is 0.185. The second-order valence-electron chi connectivity index (χ2n) is 3.23. The number of pyridine rings is 1. The minimum absolute atomic E-state index is 0.144. The number of hydrogen-bond acceptors (Lipinski definition) is 2. The summed E-state index contributed by atoms with van der Waals surface area (Å²) < 4.78 is 36.1. The van der Waals surface area contributed by atoms with Gasteiger partial charge in [-0.2, -0.15) is 13.2 Å². The summed E-state index contributed by atoms with van der Waals surface area (Å²) >= 11 is 3.12. The number of ketones is 1. The first-order valence-corrected chi connectivity index (χ1v) is 5.40. The highest BCUT2D eigenvalue weighted by atomic mass is 79.9. The molecule has 0 spiro atoms. The van der Waals surface area contributed by atoms with Gasteiger partial charge < -0.3 is 0 Å². The second kappa shape index (κ2) is 5.43. The highest BCUT2D eigenvalue weighted by Gasteiger charge is 2.26. The van der Waals surface area contributed by atoms with Crippen LogP contribution in [0.25, 0.3) is 0 Å². The zero-order chi connectivity index (χ0) is 12.2. The van der Waals surface area contributed by atoms with Crippen LogP contribution < -0.4 is 0 Å². The van der Waals surface area contributed by atoms with Crippen LogP contribution >= 0.6 is 15.9 Å². The predicted octanol–water partition coefficient (Wildman–Crippen LogP) is 3.76. The Morgan fingerprint density at radius 1 is 1.44 bits per heavy atom. The minimum Gasteiger partial charge on any atom is -0.292 e. The van der Waals surface area contributed by atoms with Gasteiger partial charge in [-0.15, -0.1) is 0 Å². The summed E-state index contributed by atoms with van der Waals surface area (Å²) in [7, 11) is 0.